The third-order valence-corrected chi connectivity index (χ3v) is 4.37. The highest BCUT2D eigenvalue weighted by molar-refractivity contribution is 5.96. The number of nitrogens with zero attached hydrogens (tertiary/aromatic N) is 4. The number of hydrogen-bond acceptors (Lipinski definition) is 5. The highest BCUT2D eigenvalue weighted by atomic mass is 19.1. The van der Waals surface area contributed by atoms with Gasteiger partial charge in [-0.3, -0.25) is 4.79 Å². The van der Waals surface area contributed by atoms with Gasteiger partial charge in [-0.2, -0.15) is 10.2 Å². The minimum absolute atomic E-state index is 0.0225. The first-order valence-electron chi connectivity index (χ1n) is 8.14. The van der Waals surface area contributed by atoms with Gasteiger partial charge in [0.25, 0.3) is 5.89 Å². The molecule has 134 valence electrons. The second kappa shape index (κ2) is 6.61. The van der Waals surface area contributed by atoms with Gasteiger partial charge >= 0.3 is 0 Å². The van der Waals surface area contributed by atoms with Gasteiger partial charge in [0.05, 0.1) is 17.3 Å². The Hall–Kier alpha value is -3.60. The van der Waals surface area contributed by atoms with Crippen molar-refractivity contribution >= 4 is 11.6 Å². The number of rotatable bonds is 3. The van der Waals surface area contributed by atoms with Crippen molar-refractivity contribution in [2.24, 2.45) is 0 Å². The van der Waals surface area contributed by atoms with Crippen LogP contribution >= 0.6 is 0 Å². The van der Waals surface area contributed by atoms with E-state index < -0.39 is 11.6 Å². The number of halogens is 2. The maximum Gasteiger partial charge on any atom is 0.257 e. The summed E-state index contributed by atoms with van der Waals surface area (Å²) in [6, 6.07) is 11.8. The molecule has 0 saturated carbocycles. The van der Waals surface area contributed by atoms with E-state index in [1.807, 2.05) is 6.07 Å². The molecule has 0 bridgehead atoms. The Morgan fingerprint density at radius 2 is 2.07 bits per heavy atom. The molecular formula is C19H12F2N4O2. The first-order chi connectivity index (χ1) is 13.0. The van der Waals surface area contributed by atoms with Crippen molar-refractivity contribution in [1.29, 1.82) is 5.26 Å². The highest BCUT2D eigenvalue weighted by Gasteiger charge is 2.35. The maximum absolute atomic E-state index is 14.0. The van der Waals surface area contributed by atoms with Gasteiger partial charge in [-0.1, -0.05) is 11.2 Å². The first-order valence-corrected chi connectivity index (χ1v) is 8.14. The molecule has 1 atom stereocenters. The van der Waals surface area contributed by atoms with E-state index in [-0.39, 0.29) is 36.4 Å². The van der Waals surface area contributed by atoms with E-state index in [1.54, 1.807) is 24.3 Å². The lowest BCUT2D eigenvalue weighted by molar-refractivity contribution is -0.117. The standard InChI is InChI=1S/C19H12F2N4O2/c20-14-4-5-16(15(21)8-14)25-10-13(7-17(25)26)18-23-19(27-24-18)12-3-1-2-11(6-12)9-22/h1-6,8,13H,7,10H2. The van der Waals surface area contributed by atoms with Crippen LogP contribution in [-0.4, -0.2) is 22.6 Å². The first kappa shape index (κ1) is 16.8. The van der Waals surface area contributed by atoms with Gasteiger partial charge in [0.15, 0.2) is 5.82 Å². The third kappa shape index (κ3) is 3.15. The predicted molar refractivity (Wildman–Crippen MR) is 90.5 cm³/mol. The molecule has 1 unspecified atom stereocenters. The number of amides is 1. The molecule has 8 heteroatoms. The number of aromatic nitrogens is 2. The second-order valence-electron chi connectivity index (χ2n) is 6.15. The van der Waals surface area contributed by atoms with Crippen LogP contribution in [0, 0.1) is 23.0 Å². The monoisotopic (exact) mass is 366 g/mol. The van der Waals surface area contributed by atoms with E-state index in [0.717, 1.165) is 12.1 Å². The molecule has 1 saturated heterocycles. The van der Waals surface area contributed by atoms with Gasteiger partial charge in [0, 0.05) is 30.5 Å². The number of nitriles is 1. The zero-order valence-electron chi connectivity index (χ0n) is 13.9. The predicted octanol–water partition coefficient (Wildman–Crippen LogP) is 3.41. The van der Waals surface area contributed by atoms with Crippen molar-refractivity contribution in [3.63, 3.8) is 0 Å². The summed E-state index contributed by atoms with van der Waals surface area (Å²) >= 11 is 0. The van der Waals surface area contributed by atoms with Gasteiger partial charge in [-0.05, 0) is 30.3 Å². The molecule has 2 heterocycles. The fraction of sp³-hybridized carbons (Fsp3) is 0.158. The molecule has 1 fully saturated rings. The summed E-state index contributed by atoms with van der Waals surface area (Å²) in [5, 5.41) is 12.9. The number of benzene rings is 2. The maximum atomic E-state index is 14.0. The van der Waals surface area contributed by atoms with E-state index >= 15 is 0 Å². The molecule has 1 aliphatic rings. The van der Waals surface area contributed by atoms with E-state index in [1.165, 1.54) is 11.0 Å². The van der Waals surface area contributed by atoms with E-state index in [2.05, 4.69) is 10.1 Å². The highest BCUT2D eigenvalue weighted by Crippen LogP contribution is 2.33. The molecular weight excluding hydrogens is 354 g/mol. The van der Waals surface area contributed by atoms with E-state index in [9.17, 15) is 13.6 Å². The van der Waals surface area contributed by atoms with Crippen molar-refractivity contribution in [3.05, 3.63) is 65.5 Å². The van der Waals surface area contributed by atoms with Crippen LogP contribution in [0.3, 0.4) is 0 Å². The SMILES string of the molecule is N#Cc1cccc(-c2nc(C3CC(=O)N(c4ccc(F)cc4F)C3)no2)c1. The number of carbonyl (C=O) groups is 1. The van der Waals surface area contributed by atoms with Crippen molar-refractivity contribution in [1.82, 2.24) is 10.1 Å². The summed E-state index contributed by atoms with van der Waals surface area (Å²) < 4.78 is 32.3. The molecule has 2 aromatic carbocycles. The minimum atomic E-state index is -0.800. The molecule has 1 aliphatic heterocycles. The molecule has 1 amide bonds. The van der Waals surface area contributed by atoms with E-state index in [4.69, 9.17) is 9.78 Å². The van der Waals surface area contributed by atoms with Crippen LogP contribution in [0.4, 0.5) is 14.5 Å². The fourth-order valence-electron chi connectivity index (χ4n) is 3.05. The largest absolute Gasteiger partial charge is 0.334 e. The molecule has 0 aliphatic carbocycles. The van der Waals surface area contributed by atoms with Crippen LogP contribution in [0.5, 0.6) is 0 Å². The summed E-state index contributed by atoms with van der Waals surface area (Å²) in [6.07, 6.45) is 0.0913. The molecule has 1 aromatic heterocycles. The van der Waals surface area contributed by atoms with Crippen molar-refractivity contribution in [3.8, 4) is 17.5 Å². The summed E-state index contributed by atoms with van der Waals surface area (Å²) in [5.74, 6) is -1.62. The molecule has 0 spiro atoms. The molecule has 4 rings (SSSR count). The topological polar surface area (TPSA) is 83.0 Å². The van der Waals surface area contributed by atoms with Crippen molar-refractivity contribution < 1.29 is 18.1 Å². The Bertz CT molecular complexity index is 1070. The lowest BCUT2D eigenvalue weighted by atomic mass is 10.1. The van der Waals surface area contributed by atoms with Gasteiger partial charge < -0.3 is 9.42 Å². The normalized spacial score (nSPS) is 16.6. The fourth-order valence-corrected chi connectivity index (χ4v) is 3.05. The van der Waals surface area contributed by atoms with Crippen LogP contribution < -0.4 is 4.90 Å². The zero-order valence-corrected chi connectivity index (χ0v) is 13.9. The molecule has 27 heavy (non-hydrogen) atoms. The number of carbonyl (C=O) groups excluding carboxylic acids is 1. The van der Waals surface area contributed by atoms with Crippen LogP contribution in [-0.2, 0) is 4.79 Å². The van der Waals surface area contributed by atoms with Gasteiger partial charge in [-0.25, -0.2) is 8.78 Å². The van der Waals surface area contributed by atoms with Crippen LogP contribution in [0.25, 0.3) is 11.5 Å². The van der Waals surface area contributed by atoms with Crippen LogP contribution in [0.15, 0.2) is 47.0 Å². The molecule has 0 radical (unpaired) electrons. The average molecular weight is 366 g/mol. The lowest BCUT2D eigenvalue weighted by Gasteiger charge is -2.16. The van der Waals surface area contributed by atoms with Gasteiger partial charge in [-0.15, -0.1) is 0 Å². The number of anilines is 1. The third-order valence-electron chi connectivity index (χ3n) is 4.37. The Labute approximate surface area is 152 Å². The smallest absolute Gasteiger partial charge is 0.257 e. The van der Waals surface area contributed by atoms with Gasteiger partial charge in [0.2, 0.25) is 5.91 Å². The van der Waals surface area contributed by atoms with Crippen LogP contribution in [0.2, 0.25) is 0 Å². The van der Waals surface area contributed by atoms with Gasteiger partial charge in [0.1, 0.15) is 11.6 Å². The molecule has 3 aromatic rings. The van der Waals surface area contributed by atoms with Crippen molar-refractivity contribution in [2.75, 3.05) is 11.4 Å². The zero-order chi connectivity index (χ0) is 19.0. The van der Waals surface area contributed by atoms with Crippen molar-refractivity contribution in [2.45, 2.75) is 12.3 Å². The summed E-state index contributed by atoms with van der Waals surface area (Å²) in [7, 11) is 0. The van der Waals surface area contributed by atoms with E-state index in [0.29, 0.717) is 17.0 Å². The average Bonchev–Trinajstić information content (AvgIpc) is 3.29. The minimum Gasteiger partial charge on any atom is -0.334 e. The number of hydrogen-bond donors (Lipinski definition) is 0. The molecule has 0 N–H and O–H groups in total. The lowest BCUT2D eigenvalue weighted by Crippen LogP contribution is -2.25. The second-order valence-corrected chi connectivity index (χ2v) is 6.15. The summed E-state index contributed by atoms with van der Waals surface area (Å²) in [6.45, 7) is 0.165. The van der Waals surface area contributed by atoms with Crippen LogP contribution in [0.1, 0.15) is 23.7 Å². The Morgan fingerprint density at radius 1 is 1.22 bits per heavy atom. The molecule has 6 nitrogen and oxygen atoms in total. The Morgan fingerprint density at radius 3 is 2.85 bits per heavy atom. The quantitative estimate of drug-likeness (QED) is 0.709. The Kier molecular flexibility index (Phi) is 4.12. The summed E-state index contributed by atoms with van der Waals surface area (Å²) in [5.41, 5.74) is 1.08. The summed E-state index contributed by atoms with van der Waals surface area (Å²) in [4.78, 5) is 17.9. The Balaban J connectivity index is 1.58.